The van der Waals surface area contributed by atoms with Gasteiger partial charge in [0.25, 0.3) is 0 Å². The second kappa shape index (κ2) is 7.96. The molecule has 16 heavy (non-hydrogen) atoms. The van der Waals surface area contributed by atoms with E-state index in [1.54, 1.807) is 0 Å². The summed E-state index contributed by atoms with van der Waals surface area (Å²) in [5.41, 5.74) is 13.1. The summed E-state index contributed by atoms with van der Waals surface area (Å²) >= 11 is 0. The van der Waals surface area contributed by atoms with Crippen molar-refractivity contribution in [2.75, 3.05) is 36.8 Å². The van der Waals surface area contributed by atoms with Crippen LogP contribution in [0.15, 0.2) is 24.3 Å². The van der Waals surface area contributed by atoms with Crippen LogP contribution in [0, 0.1) is 0 Å². The van der Waals surface area contributed by atoms with E-state index < -0.39 is 0 Å². The Morgan fingerprint density at radius 3 is 1.44 bits per heavy atom. The summed E-state index contributed by atoms with van der Waals surface area (Å²) in [4.78, 5) is 0. The number of rotatable bonds is 8. The fraction of sp³-hybridized carbons (Fsp3) is 0.500. The van der Waals surface area contributed by atoms with Crippen LogP contribution in [0.4, 0.5) is 11.4 Å². The highest BCUT2D eigenvalue weighted by Gasteiger charge is 1.93. The van der Waals surface area contributed by atoms with E-state index in [9.17, 15) is 0 Å². The number of hydrogen-bond donors (Lipinski definition) is 4. The van der Waals surface area contributed by atoms with E-state index in [1.165, 1.54) is 0 Å². The zero-order chi connectivity index (χ0) is 11.6. The zero-order valence-electron chi connectivity index (χ0n) is 9.71. The van der Waals surface area contributed by atoms with Gasteiger partial charge in [-0.2, -0.15) is 0 Å². The van der Waals surface area contributed by atoms with Crippen molar-refractivity contribution in [2.45, 2.75) is 12.8 Å². The van der Waals surface area contributed by atoms with Gasteiger partial charge in [-0.05, 0) is 50.2 Å². The molecule has 0 saturated heterocycles. The number of nitrogens with one attached hydrogen (secondary N) is 2. The third-order valence-electron chi connectivity index (χ3n) is 2.30. The lowest BCUT2D eigenvalue weighted by Gasteiger charge is -2.08. The van der Waals surface area contributed by atoms with Gasteiger partial charge in [0.1, 0.15) is 0 Å². The Morgan fingerprint density at radius 2 is 1.12 bits per heavy atom. The van der Waals surface area contributed by atoms with E-state index in [0.29, 0.717) is 0 Å². The van der Waals surface area contributed by atoms with Gasteiger partial charge in [0.05, 0.1) is 0 Å². The van der Waals surface area contributed by atoms with Crippen LogP contribution < -0.4 is 22.1 Å². The Balaban J connectivity index is 2.30. The average Bonchev–Trinajstić information content (AvgIpc) is 2.32. The Labute approximate surface area is 97.4 Å². The topological polar surface area (TPSA) is 76.1 Å². The maximum Gasteiger partial charge on any atom is 0.0341 e. The Hall–Kier alpha value is -1.26. The molecule has 0 aliphatic heterocycles. The summed E-state index contributed by atoms with van der Waals surface area (Å²) in [5, 5.41) is 6.62. The third-order valence-corrected chi connectivity index (χ3v) is 2.30. The predicted molar refractivity (Wildman–Crippen MR) is 70.8 cm³/mol. The molecule has 6 N–H and O–H groups in total. The highest BCUT2D eigenvalue weighted by atomic mass is 14.9. The van der Waals surface area contributed by atoms with Crippen molar-refractivity contribution in [3.63, 3.8) is 0 Å². The fourth-order valence-electron chi connectivity index (χ4n) is 1.38. The van der Waals surface area contributed by atoms with E-state index in [-0.39, 0.29) is 0 Å². The number of benzene rings is 1. The maximum atomic E-state index is 5.42. The molecule has 4 heteroatoms. The van der Waals surface area contributed by atoms with Crippen molar-refractivity contribution >= 4 is 11.4 Å². The van der Waals surface area contributed by atoms with Crippen LogP contribution in [0.2, 0.25) is 0 Å². The molecule has 0 heterocycles. The molecule has 1 aromatic carbocycles. The number of nitrogens with two attached hydrogens (primary N) is 2. The molecule has 0 radical (unpaired) electrons. The van der Waals surface area contributed by atoms with Crippen molar-refractivity contribution in [1.82, 2.24) is 0 Å². The molecule has 0 aliphatic rings. The normalized spacial score (nSPS) is 10.1. The van der Waals surface area contributed by atoms with E-state index in [2.05, 4.69) is 34.9 Å². The maximum absolute atomic E-state index is 5.42. The Morgan fingerprint density at radius 1 is 0.750 bits per heavy atom. The molecule has 1 rings (SSSR count). The van der Waals surface area contributed by atoms with Gasteiger partial charge in [0, 0.05) is 24.5 Å². The summed E-state index contributed by atoms with van der Waals surface area (Å²) < 4.78 is 0. The average molecular weight is 222 g/mol. The second-order valence-electron chi connectivity index (χ2n) is 3.72. The zero-order valence-corrected chi connectivity index (χ0v) is 9.71. The first-order chi connectivity index (χ1) is 7.86. The fourth-order valence-corrected chi connectivity index (χ4v) is 1.38. The first kappa shape index (κ1) is 12.8. The molecular formula is C12H22N4. The van der Waals surface area contributed by atoms with Crippen molar-refractivity contribution < 1.29 is 0 Å². The first-order valence-electron chi connectivity index (χ1n) is 5.84. The molecular weight excluding hydrogens is 200 g/mol. The van der Waals surface area contributed by atoms with Crippen molar-refractivity contribution in [2.24, 2.45) is 11.5 Å². The highest BCUT2D eigenvalue weighted by molar-refractivity contribution is 5.53. The molecule has 0 saturated carbocycles. The largest absolute Gasteiger partial charge is 0.385 e. The minimum atomic E-state index is 0.728. The van der Waals surface area contributed by atoms with Crippen LogP contribution in [0.1, 0.15) is 12.8 Å². The lowest BCUT2D eigenvalue weighted by molar-refractivity contribution is 0.872. The lowest BCUT2D eigenvalue weighted by atomic mass is 10.2. The van der Waals surface area contributed by atoms with Crippen LogP contribution >= 0.6 is 0 Å². The van der Waals surface area contributed by atoms with Gasteiger partial charge in [-0.15, -0.1) is 0 Å². The monoisotopic (exact) mass is 222 g/mol. The number of hydrogen-bond acceptors (Lipinski definition) is 4. The Kier molecular flexibility index (Phi) is 6.37. The van der Waals surface area contributed by atoms with Crippen LogP contribution in [0.5, 0.6) is 0 Å². The van der Waals surface area contributed by atoms with E-state index in [4.69, 9.17) is 11.5 Å². The van der Waals surface area contributed by atoms with Crippen LogP contribution in [0.3, 0.4) is 0 Å². The summed E-state index contributed by atoms with van der Waals surface area (Å²) in [6.45, 7) is 3.31. The van der Waals surface area contributed by atoms with Gasteiger partial charge >= 0.3 is 0 Å². The molecule has 1 aromatic rings. The summed E-state index contributed by atoms with van der Waals surface area (Å²) in [6.07, 6.45) is 1.99. The number of anilines is 2. The molecule has 0 unspecified atom stereocenters. The van der Waals surface area contributed by atoms with Crippen LogP contribution in [0.25, 0.3) is 0 Å². The molecule has 0 aliphatic carbocycles. The molecule has 90 valence electrons. The standard InChI is InChI=1S/C12H22N4/c13-7-1-9-15-11-3-5-12(6-4-11)16-10-2-8-14/h3-6,15-16H,1-2,7-10,13-14H2. The van der Waals surface area contributed by atoms with E-state index in [1.807, 2.05) is 0 Å². The minimum Gasteiger partial charge on any atom is -0.385 e. The molecule has 0 atom stereocenters. The molecule has 0 fully saturated rings. The van der Waals surface area contributed by atoms with Crippen LogP contribution in [-0.2, 0) is 0 Å². The van der Waals surface area contributed by atoms with Gasteiger partial charge in [-0.1, -0.05) is 0 Å². The second-order valence-corrected chi connectivity index (χ2v) is 3.72. The quantitative estimate of drug-likeness (QED) is 0.499. The molecule has 0 amide bonds. The smallest absolute Gasteiger partial charge is 0.0341 e. The Bertz CT molecular complexity index is 242. The van der Waals surface area contributed by atoms with Gasteiger partial charge in [-0.25, -0.2) is 0 Å². The van der Waals surface area contributed by atoms with Gasteiger partial charge in [0.2, 0.25) is 0 Å². The summed E-state index contributed by atoms with van der Waals surface area (Å²) in [5.74, 6) is 0. The first-order valence-corrected chi connectivity index (χ1v) is 5.84. The van der Waals surface area contributed by atoms with Gasteiger partial charge in [0.15, 0.2) is 0 Å². The van der Waals surface area contributed by atoms with Gasteiger partial charge < -0.3 is 22.1 Å². The minimum absolute atomic E-state index is 0.728. The van der Waals surface area contributed by atoms with Gasteiger partial charge in [-0.3, -0.25) is 0 Å². The van der Waals surface area contributed by atoms with Crippen molar-refractivity contribution in [1.29, 1.82) is 0 Å². The summed E-state index contributed by atoms with van der Waals surface area (Å²) in [6, 6.07) is 8.28. The SMILES string of the molecule is NCCCNc1ccc(NCCCN)cc1. The predicted octanol–water partition coefficient (Wildman–Crippen LogP) is 1.21. The highest BCUT2D eigenvalue weighted by Crippen LogP contribution is 2.13. The van der Waals surface area contributed by atoms with Crippen molar-refractivity contribution in [3.05, 3.63) is 24.3 Å². The third kappa shape index (κ3) is 5.00. The van der Waals surface area contributed by atoms with E-state index in [0.717, 1.165) is 50.4 Å². The lowest BCUT2D eigenvalue weighted by Crippen LogP contribution is -2.09. The van der Waals surface area contributed by atoms with Crippen molar-refractivity contribution in [3.8, 4) is 0 Å². The molecule has 4 nitrogen and oxygen atoms in total. The molecule has 0 spiro atoms. The van der Waals surface area contributed by atoms with E-state index >= 15 is 0 Å². The van der Waals surface area contributed by atoms with Crippen LogP contribution in [-0.4, -0.2) is 26.2 Å². The summed E-state index contributed by atoms with van der Waals surface area (Å²) in [7, 11) is 0. The molecule has 0 bridgehead atoms. The molecule has 0 aromatic heterocycles.